The Hall–Kier alpha value is -3.85. The van der Waals surface area contributed by atoms with Crippen LogP contribution in [-0.2, 0) is 24.9 Å². The van der Waals surface area contributed by atoms with Gasteiger partial charge in [0, 0.05) is 42.3 Å². The monoisotopic (exact) mass is 383 g/mol. The Morgan fingerprint density at radius 1 is 1.17 bits per heavy atom. The van der Waals surface area contributed by atoms with Crippen molar-refractivity contribution in [3.05, 3.63) is 72.2 Å². The number of fused-ring (bicyclic) bond motifs is 2. The summed E-state index contributed by atoms with van der Waals surface area (Å²) in [7, 11) is 1.95. The Balaban J connectivity index is 1.48. The van der Waals surface area contributed by atoms with E-state index in [-0.39, 0.29) is 5.91 Å². The first-order chi connectivity index (χ1) is 14.2. The smallest absolute Gasteiger partial charge is 0.244 e. The van der Waals surface area contributed by atoms with Crippen LogP contribution in [0.5, 0.6) is 0 Å². The third kappa shape index (κ3) is 3.76. The first kappa shape index (κ1) is 18.5. The van der Waals surface area contributed by atoms with Gasteiger partial charge in [-0.1, -0.05) is 30.3 Å². The highest BCUT2D eigenvalue weighted by molar-refractivity contribution is 5.96. The molecule has 0 radical (unpaired) electrons. The second-order valence-electron chi connectivity index (χ2n) is 6.83. The molecule has 4 rings (SSSR count). The third-order valence-corrected chi connectivity index (χ3v) is 5.00. The number of amides is 1. The maximum Gasteiger partial charge on any atom is 0.244 e. The van der Waals surface area contributed by atoms with Crippen molar-refractivity contribution in [2.75, 3.05) is 0 Å². The van der Waals surface area contributed by atoms with E-state index >= 15 is 0 Å². The fourth-order valence-corrected chi connectivity index (χ4v) is 3.51. The lowest BCUT2D eigenvalue weighted by Crippen LogP contribution is -2.22. The van der Waals surface area contributed by atoms with Crippen molar-refractivity contribution in [1.29, 1.82) is 5.26 Å². The van der Waals surface area contributed by atoms with Crippen molar-refractivity contribution >= 4 is 33.9 Å². The number of carbonyl (C=O) groups is 1. The van der Waals surface area contributed by atoms with Gasteiger partial charge in [-0.2, -0.15) is 5.26 Å². The summed E-state index contributed by atoms with van der Waals surface area (Å²) >= 11 is 0. The van der Waals surface area contributed by atoms with Crippen LogP contribution in [0.15, 0.2) is 60.8 Å². The normalized spacial score (nSPS) is 11.3. The van der Waals surface area contributed by atoms with E-state index in [2.05, 4.69) is 20.9 Å². The number of hydrogen-bond acceptors (Lipinski definition) is 3. The maximum absolute atomic E-state index is 12.3. The van der Waals surface area contributed by atoms with Gasteiger partial charge in [0.15, 0.2) is 0 Å². The van der Waals surface area contributed by atoms with Gasteiger partial charge in [0.05, 0.1) is 30.1 Å². The SMILES string of the molecule is Cn1c(CNC(=O)/C=C/c2cn(CCC#N)c3ccccc23)nc2ccccc21. The van der Waals surface area contributed by atoms with Crippen LogP contribution >= 0.6 is 0 Å². The number of nitrogens with one attached hydrogen (secondary N) is 1. The lowest BCUT2D eigenvalue weighted by molar-refractivity contribution is -0.116. The number of hydrogen-bond donors (Lipinski definition) is 1. The highest BCUT2D eigenvalue weighted by atomic mass is 16.1. The van der Waals surface area contributed by atoms with E-state index in [1.807, 2.05) is 72.4 Å². The third-order valence-electron chi connectivity index (χ3n) is 5.00. The Bertz CT molecular complexity index is 1260. The molecule has 0 saturated heterocycles. The van der Waals surface area contributed by atoms with Gasteiger partial charge in [-0.25, -0.2) is 4.98 Å². The molecule has 1 amide bonds. The van der Waals surface area contributed by atoms with Gasteiger partial charge < -0.3 is 14.5 Å². The van der Waals surface area contributed by atoms with E-state index in [1.54, 1.807) is 6.08 Å². The Labute approximate surface area is 168 Å². The lowest BCUT2D eigenvalue weighted by atomic mass is 10.1. The van der Waals surface area contributed by atoms with Crippen LogP contribution in [0, 0.1) is 11.3 Å². The summed E-state index contributed by atoms with van der Waals surface area (Å²) in [6, 6.07) is 18.1. The van der Waals surface area contributed by atoms with Gasteiger partial charge in [-0.3, -0.25) is 4.79 Å². The lowest BCUT2D eigenvalue weighted by Gasteiger charge is -2.03. The predicted octanol–water partition coefficient (Wildman–Crippen LogP) is 3.77. The minimum Gasteiger partial charge on any atom is -0.346 e. The molecule has 4 aromatic rings. The second-order valence-corrected chi connectivity index (χ2v) is 6.83. The zero-order chi connectivity index (χ0) is 20.2. The van der Waals surface area contributed by atoms with Gasteiger partial charge in [0.1, 0.15) is 5.82 Å². The maximum atomic E-state index is 12.3. The number of carbonyl (C=O) groups excluding carboxylic acids is 1. The van der Waals surface area contributed by atoms with E-state index in [0.717, 1.165) is 33.3 Å². The second kappa shape index (κ2) is 8.03. The van der Waals surface area contributed by atoms with Crippen molar-refractivity contribution < 1.29 is 4.79 Å². The van der Waals surface area contributed by atoms with E-state index in [9.17, 15) is 4.79 Å². The van der Waals surface area contributed by atoms with Crippen LogP contribution in [0.4, 0.5) is 0 Å². The molecule has 6 nitrogen and oxygen atoms in total. The molecule has 0 saturated carbocycles. The van der Waals surface area contributed by atoms with Crippen LogP contribution in [0.3, 0.4) is 0 Å². The van der Waals surface area contributed by atoms with Gasteiger partial charge in [0.25, 0.3) is 0 Å². The largest absolute Gasteiger partial charge is 0.346 e. The van der Waals surface area contributed by atoms with Crippen LogP contribution in [-0.4, -0.2) is 20.0 Å². The zero-order valence-corrected chi connectivity index (χ0v) is 16.2. The highest BCUT2D eigenvalue weighted by Gasteiger charge is 2.09. The van der Waals surface area contributed by atoms with Gasteiger partial charge in [0.2, 0.25) is 5.91 Å². The number of benzene rings is 2. The molecule has 0 aliphatic carbocycles. The number of imidazole rings is 1. The van der Waals surface area contributed by atoms with Crippen LogP contribution in [0.1, 0.15) is 17.8 Å². The first-order valence-electron chi connectivity index (χ1n) is 9.48. The number of aromatic nitrogens is 3. The quantitative estimate of drug-likeness (QED) is 0.515. The Kier molecular flexibility index (Phi) is 5.12. The summed E-state index contributed by atoms with van der Waals surface area (Å²) < 4.78 is 4.04. The van der Waals surface area contributed by atoms with E-state index in [1.165, 1.54) is 0 Å². The fourth-order valence-electron chi connectivity index (χ4n) is 3.51. The molecule has 0 atom stereocenters. The molecule has 6 heteroatoms. The average Bonchev–Trinajstić information content (AvgIpc) is 3.27. The van der Waals surface area contributed by atoms with Crippen LogP contribution in [0.2, 0.25) is 0 Å². The standard InChI is InChI=1S/C23H21N5O/c1-27-21-10-5-3-8-19(21)26-22(27)15-25-23(29)12-11-17-16-28(14-6-13-24)20-9-4-2-7-18(17)20/h2-5,7-12,16H,6,14-15H2,1H3,(H,25,29)/b12-11+. The van der Waals surface area contributed by atoms with Crippen LogP contribution in [0.25, 0.3) is 28.0 Å². The van der Waals surface area contributed by atoms with Crippen molar-refractivity contribution in [1.82, 2.24) is 19.4 Å². The molecular formula is C23H21N5O. The average molecular weight is 383 g/mol. The highest BCUT2D eigenvalue weighted by Crippen LogP contribution is 2.22. The molecule has 2 aromatic carbocycles. The van der Waals surface area contributed by atoms with Gasteiger partial charge >= 0.3 is 0 Å². The van der Waals surface area contributed by atoms with Crippen LogP contribution < -0.4 is 5.32 Å². The molecule has 0 aliphatic rings. The molecule has 2 heterocycles. The topological polar surface area (TPSA) is 75.6 Å². The molecule has 0 fully saturated rings. The van der Waals surface area contributed by atoms with Crippen molar-refractivity contribution in [2.24, 2.45) is 7.05 Å². The molecule has 29 heavy (non-hydrogen) atoms. The fraction of sp³-hybridized carbons (Fsp3) is 0.174. The van der Waals surface area contributed by atoms with E-state index < -0.39 is 0 Å². The molecule has 0 bridgehead atoms. The summed E-state index contributed by atoms with van der Waals surface area (Å²) in [5.41, 5.74) is 3.97. The summed E-state index contributed by atoms with van der Waals surface area (Å²) in [5, 5.41) is 12.8. The number of para-hydroxylation sites is 3. The van der Waals surface area contributed by atoms with Crippen molar-refractivity contribution in [3.63, 3.8) is 0 Å². The number of rotatable bonds is 6. The minimum absolute atomic E-state index is 0.175. The van der Waals surface area contributed by atoms with E-state index in [4.69, 9.17) is 5.26 Å². The van der Waals surface area contributed by atoms with Crippen molar-refractivity contribution in [2.45, 2.75) is 19.5 Å². The molecule has 2 aromatic heterocycles. The van der Waals surface area contributed by atoms with Crippen molar-refractivity contribution in [3.8, 4) is 6.07 Å². The number of aryl methyl sites for hydroxylation is 2. The molecule has 0 aliphatic heterocycles. The number of nitriles is 1. The van der Waals surface area contributed by atoms with E-state index in [0.29, 0.717) is 19.5 Å². The summed E-state index contributed by atoms with van der Waals surface area (Å²) in [6.45, 7) is 0.988. The molecule has 144 valence electrons. The first-order valence-corrected chi connectivity index (χ1v) is 9.48. The molecule has 0 spiro atoms. The molecule has 1 N–H and O–H groups in total. The predicted molar refractivity (Wildman–Crippen MR) is 114 cm³/mol. The molecule has 0 unspecified atom stereocenters. The minimum atomic E-state index is -0.175. The van der Waals surface area contributed by atoms with Gasteiger partial charge in [-0.15, -0.1) is 0 Å². The summed E-state index contributed by atoms with van der Waals surface area (Å²) in [4.78, 5) is 16.9. The Morgan fingerprint density at radius 3 is 2.72 bits per heavy atom. The summed E-state index contributed by atoms with van der Waals surface area (Å²) in [5.74, 6) is 0.631. The Morgan fingerprint density at radius 2 is 1.93 bits per heavy atom. The summed E-state index contributed by atoms with van der Waals surface area (Å²) in [6.07, 6.45) is 5.78. The zero-order valence-electron chi connectivity index (χ0n) is 16.2. The molecular weight excluding hydrogens is 362 g/mol. The van der Waals surface area contributed by atoms with Gasteiger partial charge in [-0.05, 0) is 24.3 Å². The number of nitrogens with zero attached hydrogens (tertiary/aromatic N) is 4.